The summed E-state index contributed by atoms with van der Waals surface area (Å²) >= 11 is 0. The van der Waals surface area contributed by atoms with Crippen molar-refractivity contribution in [1.29, 1.82) is 0 Å². The third kappa shape index (κ3) is 3.95. The fourth-order valence-corrected chi connectivity index (χ4v) is 2.98. The van der Waals surface area contributed by atoms with Crippen LogP contribution in [0.2, 0.25) is 0 Å². The molecule has 0 aliphatic heterocycles. The van der Waals surface area contributed by atoms with Gasteiger partial charge in [0.2, 0.25) is 5.91 Å². The first kappa shape index (κ1) is 16.0. The molecule has 2 N–H and O–H groups in total. The summed E-state index contributed by atoms with van der Waals surface area (Å²) in [6.45, 7) is 6.32. The van der Waals surface area contributed by atoms with E-state index in [1.165, 1.54) is 0 Å². The lowest BCUT2D eigenvalue weighted by atomic mass is 9.80. The van der Waals surface area contributed by atoms with Crippen molar-refractivity contribution in [2.75, 3.05) is 0 Å². The van der Waals surface area contributed by atoms with Crippen LogP contribution >= 0.6 is 0 Å². The van der Waals surface area contributed by atoms with Gasteiger partial charge in [0.05, 0.1) is 5.92 Å². The molecule has 0 radical (unpaired) electrons. The third-order valence-corrected chi connectivity index (χ3v) is 4.87. The molecule has 4 heteroatoms. The number of hydrogen-bond acceptors (Lipinski definition) is 2. The predicted octanol–water partition coefficient (Wildman–Crippen LogP) is 2.96. The van der Waals surface area contributed by atoms with Crippen LogP contribution in [0.4, 0.5) is 0 Å². The van der Waals surface area contributed by atoms with E-state index in [-0.39, 0.29) is 23.3 Å². The Kier molecular flexibility index (Phi) is 5.83. The number of carbonyl (C=O) groups is 2. The van der Waals surface area contributed by atoms with E-state index in [1.807, 2.05) is 0 Å². The number of carboxylic acids is 1. The highest BCUT2D eigenvalue weighted by atomic mass is 16.4. The first-order valence-electron chi connectivity index (χ1n) is 7.52. The molecule has 1 saturated carbocycles. The van der Waals surface area contributed by atoms with Gasteiger partial charge in [-0.15, -0.1) is 0 Å². The van der Waals surface area contributed by atoms with Gasteiger partial charge in [-0.3, -0.25) is 9.59 Å². The molecule has 1 rings (SSSR count). The fraction of sp³-hybridized carbons (Fsp3) is 0.867. The Morgan fingerprint density at radius 1 is 1.00 bits per heavy atom. The highest BCUT2D eigenvalue weighted by molar-refractivity contribution is 5.80. The second-order valence-electron chi connectivity index (χ2n) is 5.72. The topological polar surface area (TPSA) is 66.4 Å². The van der Waals surface area contributed by atoms with Crippen molar-refractivity contribution in [2.45, 2.75) is 71.3 Å². The lowest BCUT2D eigenvalue weighted by Gasteiger charge is -2.35. The van der Waals surface area contributed by atoms with E-state index < -0.39 is 5.97 Å². The number of amides is 1. The summed E-state index contributed by atoms with van der Waals surface area (Å²) in [4.78, 5) is 23.2. The molecule has 0 spiro atoms. The van der Waals surface area contributed by atoms with E-state index in [4.69, 9.17) is 5.11 Å². The molecule has 0 aromatic rings. The van der Waals surface area contributed by atoms with Gasteiger partial charge in [-0.05, 0) is 44.9 Å². The van der Waals surface area contributed by atoms with E-state index in [9.17, 15) is 9.59 Å². The van der Waals surface area contributed by atoms with Crippen molar-refractivity contribution in [2.24, 2.45) is 11.8 Å². The first-order valence-corrected chi connectivity index (χ1v) is 7.52. The summed E-state index contributed by atoms with van der Waals surface area (Å²) in [7, 11) is 0. The molecule has 110 valence electrons. The molecule has 0 atom stereocenters. The Labute approximate surface area is 116 Å². The van der Waals surface area contributed by atoms with Crippen molar-refractivity contribution in [3.05, 3.63) is 0 Å². The predicted molar refractivity (Wildman–Crippen MR) is 74.8 cm³/mol. The Bertz CT molecular complexity index is 307. The van der Waals surface area contributed by atoms with Crippen LogP contribution in [0.1, 0.15) is 65.7 Å². The summed E-state index contributed by atoms with van der Waals surface area (Å²) in [6, 6.07) is 0. The minimum absolute atomic E-state index is 0.000347. The minimum atomic E-state index is -0.719. The average molecular weight is 269 g/mol. The number of aliphatic carboxylic acids is 1. The van der Waals surface area contributed by atoms with E-state index in [0.29, 0.717) is 25.7 Å². The highest BCUT2D eigenvalue weighted by Crippen LogP contribution is 2.30. The number of carboxylic acid groups (broad SMARTS) is 1. The van der Waals surface area contributed by atoms with Crippen LogP contribution in [0.5, 0.6) is 0 Å². The zero-order valence-corrected chi connectivity index (χ0v) is 12.4. The summed E-state index contributed by atoms with van der Waals surface area (Å²) < 4.78 is 0. The van der Waals surface area contributed by atoms with Crippen LogP contribution in [0.25, 0.3) is 0 Å². The van der Waals surface area contributed by atoms with Gasteiger partial charge < -0.3 is 10.4 Å². The number of carbonyl (C=O) groups excluding carboxylic acids is 1. The molecule has 1 aliphatic carbocycles. The summed E-state index contributed by atoms with van der Waals surface area (Å²) in [5.74, 6) is -0.852. The molecule has 1 fully saturated rings. The van der Waals surface area contributed by atoms with Gasteiger partial charge in [0.15, 0.2) is 0 Å². The van der Waals surface area contributed by atoms with E-state index in [1.54, 1.807) is 0 Å². The van der Waals surface area contributed by atoms with Crippen LogP contribution in [0.3, 0.4) is 0 Å². The van der Waals surface area contributed by atoms with E-state index >= 15 is 0 Å². The monoisotopic (exact) mass is 269 g/mol. The molecule has 4 nitrogen and oxygen atoms in total. The first-order chi connectivity index (χ1) is 8.98. The Morgan fingerprint density at radius 3 is 1.79 bits per heavy atom. The summed E-state index contributed by atoms with van der Waals surface area (Å²) in [5, 5.41) is 12.2. The zero-order chi connectivity index (χ0) is 14.5. The van der Waals surface area contributed by atoms with Gasteiger partial charge in [0.25, 0.3) is 0 Å². The molecular formula is C15H27NO3. The standard InChI is InChI=1S/C15H27NO3/c1-4-15(5-2,6-3)16-13(17)11-7-9-12(10-8-11)14(18)19/h11-12H,4-10H2,1-3H3,(H,16,17)(H,18,19). The van der Waals surface area contributed by atoms with Crippen molar-refractivity contribution >= 4 is 11.9 Å². The molecule has 0 bridgehead atoms. The molecule has 0 aromatic carbocycles. The smallest absolute Gasteiger partial charge is 0.306 e. The molecule has 1 amide bonds. The zero-order valence-electron chi connectivity index (χ0n) is 12.4. The summed E-state index contributed by atoms with van der Waals surface area (Å²) in [6.07, 6.45) is 5.49. The normalized spacial score (nSPS) is 23.9. The minimum Gasteiger partial charge on any atom is -0.481 e. The van der Waals surface area contributed by atoms with Crippen LogP contribution in [0, 0.1) is 11.8 Å². The van der Waals surface area contributed by atoms with Crippen molar-refractivity contribution < 1.29 is 14.7 Å². The lowest BCUT2D eigenvalue weighted by molar-refractivity contribution is -0.144. The largest absolute Gasteiger partial charge is 0.481 e. The maximum atomic E-state index is 12.3. The molecular weight excluding hydrogens is 242 g/mol. The fourth-order valence-electron chi connectivity index (χ4n) is 2.98. The van der Waals surface area contributed by atoms with Gasteiger partial charge in [0, 0.05) is 11.5 Å². The van der Waals surface area contributed by atoms with Gasteiger partial charge >= 0.3 is 5.97 Å². The van der Waals surface area contributed by atoms with Gasteiger partial charge in [-0.25, -0.2) is 0 Å². The Morgan fingerprint density at radius 2 is 1.42 bits per heavy atom. The van der Waals surface area contributed by atoms with Gasteiger partial charge in [0.1, 0.15) is 0 Å². The van der Waals surface area contributed by atoms with Gasteiger partial charge in [-0.1, -0.05) is 20.8 Å². The molecule has 19 heavy (non-hydrogen) atoms. The SMILES string of the molecule is CCC(CC)(CC)NC(=O)C1CCC(C(=O)O)CC1. The van der Waals surface area contributed by atoms with Crippen molar-refractivity contribution in [3.8, 4) is 0 Å². The lowest BCUT2D eigenvalue weighted by Crippen LogP contribution is -2.49. The average Bonchev–Trinajstić information content (AvgIpc) is 2.45. The second-order valence-corrected chi connectivity index (χ2v) is 5.72. The second kappa shape index (κ2) is 6.92. The number of rotatable bonds is 6. The summed E-state index contributed by atoms with van der Waals surface area (Å²) in [5.41, 5.74) is -0.0826. The van der Waals surface area contributed by atoms with Crippen molar-refractivity contribution in [1.82, 2.24) is 5.32 Å². The van der Waals surface area contributed by atoms with E-state index in [0.717, 1.165) is 19.3 Å². The van der Waals surface area contributed by atoms with Crippen LogP contribution < -0.4 is 5.32 Å². The van der Waals surface area contributed by atoms with Crippen LogP contribution in [0.15, 0.2) is 0 Å². The number of nitrogens with one attached hydrogen (secondary N) is 1. The molecule has 0 aromatic heterocycles. The third-order valence-electron chi connectivity index (χ3n) is 4.87. The Balaban J connectivity index is 2.53. The molecule has 0 unspecified atom stereocenters. The van der Waals surface area contributed by atoms with Gasteiger partial charge in [-0.2, -0.15) is 0 Å². The van der Waals surface area contributed by atoms with Crippen LogP contribution in [-0.4, -0.2) is 22.5 Å². The molecule has 0 heterocycles. The van der Waals surface area contributed by atoms with E-state index in [2.05, 4.69) is 26.1 Å². The number of hydrogen-bond donors (Lipinski definition) is 2. The van der Waals surface area contributed by atoms with Crippen LogP contribution in [-0.2, 0) is 9.59 Å². The van der Waals surface area contributed by atoms with Crippen molar-refractivity contribution in [3.63, 3.8) is 0 Å². The molecule has 0 saturated heterocycles. The quantitative estimate of drug-likeness (QED) is 0.779. The maximum Gasteiger partial charge on any atom is 0.306 e. The maximum absolute atomic E-state index is 12.3. The highest BCUT2D eigenvalue weighted by Gasteiger charge is 2.33. The Hall–Kier alpha value is -1.06. The molecule has 1 aliphatic rings.